The summed E-state index contributed by atoms with van der Waals surface area (Å²) in [6.07, 6.45) is 1.42. The van der Waals surface area contributed by atoms with Crippen LogP contribution >= 0.6 is 11.6 Å². The molecule has 0 saturated carbocycles. The second kappa shape index (κ2) is 7.38. The number of nitrogens with zero attached hydrogens (tertiary/aromatic N) is 1. The van der Waals surface area contributed by atoms with Crippen LogP contribution in [0, 0.1) is 6.92 Å². The molecule has 112 valence electrons. The molecule has 0 atom stereocenters. The predicted octanol–water partition coefficient (Wildman–Crippen LogP) is 2.74. The molecule has 0 radical (unpaired) electrons. The van der Waals surface area contributed by atoms with E-state index in [-0.39, 0.29) is 0 Å². The van der Waals surface area contributed by atoms with Gasteiger partial charge in [0.1, 0.15) is 0 Å². The second-order valence-corrected chi connectivity index (χ2v) is 5.01. The van der Waals surface area contributed by atoms with Crippen LogP contribution in [0.4, 0.5) is 5.69 Å². The van der Waals surface area contributed by atoms with E-state index in [0.29, 0.717) is 10.7 Å². The fourth-order valence-corrected chi connectivity index (χ4v) is 1.80. The Kier molecular flexibility index (Phi) is 5.27. The maximum absolute atomic E-state index is 11.7. The summed E-state index contributed by atoms with van der Waals surface area (Å²) in [6.45, 7) is 1.89. The summed E-state index contributed by atoms with van der Waals surface area (Å²) in [5, 5.41) is 6.83. The number of halogens is 1. The van der Waals surface area contributed by atoms with Crippen molar-refractivity contribution in [3.63, 3.8) is 0 Å². The molecule has 5 nitrogen and oxygen atoms in total. The van der Waals surface area contributed by atoms with E-state index in [1.807, 2.05) is 13.0 Å². The lowest BCUT2D eigenvalue weighted by Gasteiger charge is -2.04. The van der Waals surface area contributed by atoms with Gasteiger partial charge in [-0.3, -0.25) is 9.59 Å². The molecular weight excluding hydrogens is 302 g/mol. The molecule has 6 heteroatoms. The van der Waals surface area contributed by atoms with Crippen molar-refractivity contribution in [3.8, 4) is 0 Å². The van der Waals surface area contributed by atoms with E-state index >= 15 is 0 Å². The number of rotatable bonds is 3. The molecule has 2 N–H and O–H groups in total. The number of hydrazone groups is 1. The predicted molar refractivity (Wildman–Crippen MR) is 87.0 cm³/mol. The van der Waals surface area contributed by atoms with Gasteiger partial charge in [0.25, 0.3) is 0 Å². The largest absolute Gasteiger partial charge is 0.329 e. The van der Waals surface area contributed by atoms with Gasteiger partial charge in [0.2, 0.25) is 0 Å². The average molecular weight is 316 g/mol. The second-order valence-electron chi connectivity index (χ2n) is 4.57. The Bertz CT molecular complexity index is 712. The number of carbonyl (C=O) groups is 2. The van der Waals surface area contributed by atoms with E-state index in [2.05, 4.69) is 15.8 Å². The number of aryl methyl sites for hydroxylation is 1. The first-order chi connectivity index (χ1) is 10.5. The Hall–Kier alpha value is -2.66. The zero-order chi connectivity index (χ0) is 15.9. The number of amides is 2. The summed E-state index contributed by atoms with van der Waals surface area (Å²) in [6, 6.07) is 14.0. The quantitative estimate of drug-likeness (QED) is 0.519. The zero-order valence-corrected chi connectivity index (χ0v) is 12.6. The fourth-order valence-electron chi connectivity index (χ4n) is 1.68. The van der Waals surface area contributed by atoms with Crippen molar-refractivity contribution in [2.45, 2.75) is 6.92 Å². The van der Waals surface area contributed by atoms with E-state index < -0.39 is 11.8 Å². The maximum atomic E-state index is 11.7. The molecule has 0 aromatic heterocycles. The van der Waals surface area contributed by atoms with Crippen molar-refractivity contribution >= 4 is 35.3 Å². The Morgan fingerprint density at radius 2 is 1.82 bits per heavy atom. The molecule has 0 unspecified atom stereocenters. The first-order valence-corrected chi connectivity index (χ1v) is 6.89. The number of nitrogens with one attached hydrogen (secondary N) is 2. The monoisotopic (exact) mass is 315 g/mol. The van der Waals surface area contributed by atoms with Crippen LogP contribution in [0.5, 0.6) is 0 Å². The highest BCUT2D eigenvalue weighted by molar-refractivity contribution is 6.39. The molecule has 22 heavy (non-hydrogen) atoms. The highest BCUT2D eigenvalue weighted by Gasteiger charge is 2.12. The molecule has 0 fully saturated rings. The van der Waals surface area contributed by atoms with E-state index in [1.165, 1.54) is 6.21 Å². The molecule has 0 bridgehead atoms. The zero-order valence-electron chi connectivity index (χ0n) is 11.8. The van der Waals surface area contributed by atoms with Crippen molar-refractivity contribution in [1.82, 2.24) is 5.43 Å². The van der Waals surface area contributed by atoms with Gasteiger partial charge in [-0.05, 0) is 42.3 Å². The van der Waals surface area contributed by atoms with Gasteiger partial charge in [-0.1, -0.05) is 35.9 Å². The van der Waals surface area contributed by atoms with Crippen LogP contribution in [0.25, 0.3) is 0 Å². The van der Waals surface area contributed by atoms with Gasteiger partial charge < -0.3 is 5.32 Å². The summed E-state index contributed by atoms with van der Waals surface area (Å²) in [4.78, 5) is 23.3. The Balaban J connectivity index is 1.89. The SMILES string of the molecule is Cc1cccc(NC(=O)C(=O)N/N=C/c2ccc(Cl)cc2)c1. The molecular formula is C16H14ClN3O2. The minimum Gasteiger partial charge on any atom is -0.318 e. The molecule has 0 aliphatic carbocycles. The topological polar surface area (TPSA) is 70.6 Å². The van der Waals surface area contributed by atoms with Gasteiger partial charge >= 0.3 is 11.8 Å². The van der Waals surface area contributed by atoms with Crippen molar-refractivity contribution in [3.05, 3.63) is 64.7 Å². The lowest BCUT2D eigenvalue weighted by Crippen LogP contribution is -2.32. The van der Waals surface area contributed by atoms with Gasteiger partial charge in [0, 0.05) is 10.7 Å². The Morgan fingerprint density at radius 1 is 1.09 bits per heavy atom. The smallest absolute Gasteiger partial charge is 0.318 e. The number of benzene rings is 2. The van der Waals surface area contributed by atoms with Crippen molar-refractivity contribution in [2.24, 2.45) is 5.10 Å². The van der Waals surface area contributed by atoms with Crippen molar-refractivity contribution < 1.29 is 9.59 Å². The van der Waals surface area contributed by atoms with Gasteiger partial charge in [-0.2, -0.15) is 5.10 Å². The molecule has 0 saturated heterocycles. The van der Waals surface area contributed by atoms with Crippen LogP contribution < -0.4 is 10.7 Å². The molecule has 2 aromatic rings. The molecule has 2 aromatic carbocycles. The van der Waals surface area contributed by atoms with Crippen molar-refractivity contribution in [2.75, 3.05) is 5.32 Å². The normalized spacial score (nSPS) is 10.5. The lowest BCUT2D eigenvalue weighted by atomic mass is 10.2. The number of hydrogen-bond donors (Lipinski definition) is 2. The van der Waals surface area contributed by atoms with Gasteiger partial charge in [0.15, 0.2) is 0 Å². The number of hydrogen-bond acceptors (Lipinski definition) is 3. The minimum atomic E-state index is -0.841. The molecule has 2 amide bonds. The van der Waals surface area contributed by atoms with E-state index in [9.17, 15) is 9.59 Å². The van der Waals surface area contributed by atoms with E-state index in [0.717, 1.165) is 11.1 Å². The highest BCUT2D eigenvalue weighted by atomic mass is 35.5. The Morgan fingerprint density at radius 3 is 2.50 bits per heavy atom. The van der Waals surface area contributed by atoms with Gasteiger partial charge in [-0.25, -0.2) is 5.43 Å². The van der Waals surface area contributed by atoms with Gasteiger partial charge in [-0.15, -0.1) is 0 Å². The van der Waals surface area contributed by atoms with E-state index in [1.54, 1.807) is 42.5 Å². The van der Waals surface area contributed by atoms with Crippen LogP contribution in [0.1, 0.15) is 11.1 Å². The van der Waals surface area contributed by atoms with Crippen LogP contribution in [0.2, 0.25) is 5.02 Å². The summed E-state index contributed by atoms with van der Waals surface area (Å²) in [5.74, 6) is -1.62. The fraction of sp³-hybridized carbons (Fsp3) is 0.0625. The average Bonchev–Trinajstić information content (AvgIpc) is 2.49. The molecule has 2 rings (SSSR count). The first kappa shape index (κ1) is 15.7. The highest BCUT2D eigenvalue weighted by Crippen LogP contribution is 2.09. The lowest BCUT2D eigenvalue weighted by molar-refractivity contribution is -0.136. The third kappa shape index (κ3) is 4.71. The standard InChI is InChI=1S/C16H14ClN3O2/c1-11-3-2-4-14(9-11)19-15(21)16(22)20-18-10-12-5-7-13(17)8-6-12/h2-10H,1H3,(H,19,21)(H,20,22)/b18-10+. The molecule has 0 spiro atoms. The molecule has 0 aliphatic rings. The summed E-state index contributed by atoms with van der Waals surface area (Å²) >= 11 is 5.76. The third-order valence-electron chi connectivity index (χ3n) is 2.73. The molecule has 0 heterocycles. The number of anilines is 1. The summed E-state index contributed by atoms with van der Waals surface area (Å²) < 4.78 is 0. The van der Waals surface area contributed by atoms with Crippen LogP contribution in [0.15, 0.2) is 53.6 Å². The first-order valence-electron chi connectivity index (χ1n) is 6.51. The summed E-state index contributed by atoms with van der Waals surface area (Å²) in [7, 11) is 0. The maximum Gasteiger partial charge on any atom is 0.329 e. The van der Waals surface area contributed by atoms with Crippen LogP contribution in [-0.2, 0) is 9.59 Å². The summed E-state index contributed by atoms with van der Waals surface area (Å²) in [5.41, 5.74) is 4.46. The number of carbonyl (C=O) groups excluding carboxylic acids is 2. The van der Waals surface area contributed by atoms with Crippen molar-refractivity contribution in [1.29, 1.82) is 0 Å². The van der Waals surface area contributed by atoms with Crippen LogP contribution in [0.3, 0.4) is 0 Å². The Labute approximate surface area is 133 Å². The van der Waals surface area contributed by atoms with Gasteiger partial charge in [0.05, 0.1) is 6.21 Å². The molecule has 0 aliphatic heterocycles. The van der Waals surface area contributed by atoms with E-state index in [4.69, 9.17) is 11.6 Å². The van der Waals surface area contributed by atoms with Crippen LogP contribution in [-0.4, -0.2) is 18.0 Å². The minimum absolute atomic E-state index is 0.557. The third-order valence-corrected chi connectivity index (χ3v) is 2.98.